The van der Waals surface area contributed by atoms with Gasteiger partial charge in [0.2, 0.25) is 0 Å². The van der Waals surface area contributed by atoms with Crippen molar-refractivity contribution in [3.8, 4) is 5.75 Å². The molecule has 0 radical (unpaired) electrons. The minimum absolute atomic E-state index is 0.102. The number of benzene rings is 2. The van der Waals surface area contributed by atoms with E-state index in [0.717, 1.165) is 0 Å². The van der Waals surface area contributed by atoms with E-state index in [9.17, 15) is 10.1 Å². The summed E-state index contributed by atoms with van der Waals surface area (Å²) in [5, 5.41) is 11.0. The van der Waals surface area contributed by atoms with Crippen LogP contribution in [0.1, 0.15) is 5.56 Å². The van der Waals surface area contributed by atoms with Gasteiger partial charge in [-0.2, -0.15) is 0 Å². The standard InChI is InChI=1S/C13H10ClNO3/c14-12-8-4-5-10(13(12)15(16)17)9-18-11-6-2-1-3-7-11/h1-8H,9H2. The van der Waals surface area contributed by atoms with Gasteiger partial charge in [0.05, 0.1) is 10.5 Å². The average Bonchev–Trinajstić information content (AvgIpc) is 2.37. The first-order valence-corrected chi connectivity index (χ1v) is 5.66. The van der Waals surface area contributed by atoms with Crippen LogP contribution >= 0.6 is 11.6 Å². The fraction of sp³-hybridized carbons (Fsp3) is 0.0769. The molecule has 92 valence electrons. The zero-order valence-corrected chi connectivity index (χ0v) is 10.1. The Morgan fingerprint density at radius 3 is 2.50 bits per heavy atom. The highest BCUT2D eigenvalue weighted by atomic mass is 35.5. The third-order valence-electron chi connectivity index (χ3n) is 2.39. The number of nitrogens with zero attached hydrogens (tertiary/aromatic N) is 1. The van der Waals surface area contributed by atoms with Crippen LogP contribution in [0.2, 0.25) is 5.02 Å². The second-order valence-electron chi connectivity index (χ2n) is 3.61. The van der Waals surface area contributed by atoms with Crippen LogP contribution in [0.4, 0.5) is 5.69 Å². The van der Waals surface area contributed by atoms with E-state index < -0.39 is 4.92 Å². The van der Waals surface area contributed by atoms with E-state index in [2.05, 4.69) is 0 Å². The van der Waals surface area contributed by atoms with Crippen molar-refractivity contribution < 1.29 is 9.66 Å². The lowest BCUT2D eigenvalue weighted by Crippen LogP contribution is -2.01. The molecule has 0 N–H and O–H groups in total. The lowest BCUT2D eigenvalue weighted by atomic mass is 10.2. The summed E-state index contributed by atoms with van der Waals surface area (Å²) in [6.07, 6.45) is 0. The first-order valence-electron chi connectivity index (χ1n) is 5.28. The predicted octanol–water partition coefficient (Wildman–Crippen LogP) is 3.83. The Kier molecular flexibility index (Phi) is 3.79. The van der Waals surface area contributed by atoms with Gasteiger partial charge in [0.25, 0.3) is 5.69 Å². The van der Waals surface area contributed by atoms with Crippen LogP contribution < -0.4 is 4.74 Å². The van der Waals surface area contributed by atoms with Gasteiger partial charge in [-0.1, -0.05) is 35.9 Å². The summed E-state index contributed by atoms with van der Waals surface area (Å²) in [4.78, 5) is 10.4. The predicted molar refractivity (Wildman–Crippen MR) is 68.9 cm³/mol. The lowest BCUT2D eigenvalue weighted by molar-refractivity contribution is -0.385. The second kappa shape index (κ2) is 5.51. The van der Waals surface area contributed by atoms with Gasteiger partial charge in [-0.25, -0.2) is 0 Å². The minimum atomic E-state index is -0.494. The van der Waals surface area contributed by atoms with E-state index in [1.54, 1.807) is 24.3 Å². The molecule has 2 aromatic rings. The van der Waals surface area contributed by atoms with Gasteiger partial charge in [-0.05, 0) is 24.3 Å². The molecule has 0 heterocycles. The number of hydrogen-bond donors (Lipinski definition) is 0. The molecule has 0 aromatic heterocycles. The van der Waals surface area contributed by atoms with E-state index in [4.69, 9.17) is 16.3 Å². The highest BCUT2D eigenvalue weighted by Crippen LogP contribution is 2.28. The molecule has 0 aliphatic heterocycles. The fourth-order valence-electron chi connectivity index (χ4n) is 1.56. The number of para-hydroxylation sites is 2. The molecule has 18 heavy (non-hydrogen) atoms. The Morgan fingerprint density at radius 2 is 1.83 bits per heavy atom. The third kappa shape index (κ3) is 2.78. The van der Waals surface area contributed by atoms with Crippen molar-refractivity contribution in [2.24, 2.45) is 0 Å². The fourth-order valence-corrected chi connectivity index (χ4v) is 1.82. The van der Waals surface area contributed by atoms with Crippen LogP contribution in [0, 0.1) is 10.1 Å². The summed E-state index contributed by atoms with van der Waals surface area (Å²) in [5.74, 6) is 0.659. The van der Waals surface area contributed by atoms with Crippen molar-refractivity contribution >= 4 is 17.3 Å². The molecular formula is C13H10ClNO3. The minimum Gasteiger partial charge on any atom is -0.489 e. The molecule has 0 spiro atoms. The summed E-state index contributed by atoms with van der Waals surface area (Å²) >= 11 is 5.81. The van der Waals surface area contributed by atoms with Gasteiger partial charge in [0, 0.05) is 0 Å². The molecule has 0 fully saturated rings. The maximum atomic E-state index is 10.9. The molecule has 0 amide bonds. The summed E-state index contributed by atoms with van der Waals surface area (Å²) in [6.45, 7) is 0.112. The number of halogens is 1. The Balaban J connectivity index is 2.20. The van der Waals surface area contributed by atoms with Gasteiger partial charge in [-0.15, -0.1) is 0 Å². The zero-order valence-electron chi connectivity index (χ0n) is 9.38. The van der Waals surface area contributed by atoms with E-state index in [-0.39, 0.29) is 17.3 Å². The van der Waals surface area contributed by atoms with Crippen LogP contribution in [0.3, 0.4) is 0 Å². The number of ether oxygens (including phenoxy) is 1. The summed E-state index contributed by atoms with van der Waals surface area (Å²) in [5.41, 5.74) is 0.353. The molecule has 0 aliphatic rings. The molecule has 0 aliphatic carbocycles. The van der Waals surface area contributed by atoms with Crippen molar-refractivity contribution in [1.29, 1.82) is 0 Å². The monoisotopic (exact) mass is 263 g/mol. The number of hydrogen-bond acceptors (Lipinski definition) is 3. The van der Waals surface area contributed by atoms with Crippen LogP contribution in [0.5, 0.6) is 5.75 Å². The van der Waals surface area contributed by atoms with Crippen LogP contribution in [0.25, 0.3) is 0 Å². The van der Waals surface area contributed by atoms with Gasteiger partial charge in [0.1, 0.15) is 17.4 Å². The molecule has 5 heteroatoms. The molecule has 2 rings (SSSR count). The summed E-state index contributed by atoms with van der Waals surface area (Å²) in [7, 11) is 0. The SMILES string of the molecule is O=[N+]([O-])c1c(Cl)cccc1COc1ccccc1. The Hall–Kier alpha value is -2.07. The van der Waals surface area contributed by atoms with Gasteiger partial charge in [0.15, 0.2) is 0 Å². The van der Waals surface area contributed by atoms with Gasteiger partial charge in [-0.3, -0.25) is 10.1 Å². The molecule has 0 unspecified atom stereocenters. The third-order valence-corrected chi connectivity index (χ3v) is 2.70. The lowest BCUT2D eigenvalue weighted by Gasteiger charge is -2.07. The van der Waals surface area contributed by atoms with Gasteiger partial charge >= 0.3 is 0 Å². The maximum absolute atomic E-state index is 10.9. The molecule has 0 atom stereocenters. The average molecular weight is 264 g/mol. The second-order valence-corrected chi connectivity index (χ2v) is 4.01. The normalized spacial score (nSPS) is 10.1. The smallest absolute Gasteiger partial charge is 0.294 e. The largest absolute Gasteiger partial charge is 0.489 e. The van der Waals surface area contributed by atoms with Crippen LogP contribution in [0.15, 0.2) is 48.5 Å². The van der Waals surface area contributed by atoms with Crippen molar-refractivity contribution in [2.75, 3.05) is 0 Å². The number of nitro groups is 1. The van der Waals surface area contributed by atoms with Gasteiger partial charge < -0.3 is 4.74 Å². The molecule has 0 saturated heterocycles. The van der Waals surface area contributed by atoms with Crippen molar-refractivity contribution in [2.45, 2.75) is 6.61 Å². The van der Waals surface area contributed by atoms with Crippen LogP contribution in [-0.2, 0) is 6.61 Å². The van der Waals surface area contributed by atoms with Crippen molar-refractivity contribution in [3.63, 3.8) is 0 Å². The maximum Gasteiger partial charge on any atom is 0.294 e. The van der Waals surface area contributed by atoms with Crippen molar-refractivity contribution in [3.05, 3.63) is 69.2 Å². The Bertz CT molecular complexity index is 557. The molecular weight excluding hydrogens is 254 g/mol. The summed E-state index contributed by atoms with van der Waals surface area (Å²) in [6, 6.07) is 13.9. The first kappa shape index (κ1) is 12.4. The number of rotatable bonds is 4. The van der Waals surface area contributed by atoms with Crippen LogP contribution in [-0.4, -0.2) is 4.92 Å². The first-order chi connectivity index (χ1) is 8.68. The van der Waals surface area contributed by atoms with E-state index in [1.807, 2.05) is 18.2 Å². The van der Waals surface area contributed by atoms with Crippen molar-refractivity contribution in [1.82, 2.24) is 0 Å². The summed E-state index contributed by atoms with van der Waals surface area (Å²) < 4.78 is 5.47. The van der Waals surface area contributed by atoms with E-state index in [1.165, 1.54) is 6.07 Å². The Labute approximate surface area is 109 Å². The molecule has 4 nitrogen and oxygen atoms in total. The molecule has 0 saturated carbocycles. The van der Waals surface area contributed by atoms with E-state index in [0.29, 0.717) is 11.3 Å². The Morgan fingerprint density at radius 1 is 1.11 bits per heavy atom. The zero-order chi connectivity index (χ0) is 13.0. The number of nitro benzene ring substituents is 1. The topological polar surface area (TPSA) is 52.4 Å². The quantitative estimate of drug-likeness (QED) is 0.622. The highest BCUT2D eigenvalue weighted by molar-refractivity contribution is 6.32. The van der Waals surface area contributed by atoms with E-state index >= 15 is 0 Å². The molecule has 2 aromatic carbocycles. The molecule has 0 bridgehead atoms. The highest BCUT2D eigenvalue weighted by Gasteiger charge is 2.18.